The van der Waals surface area contributed by atoms with Gasteiger partial charge in [-0.2, -0.15) is 4.98 Å². The van der Waals surface area contributed by atoms with Gasteiger partial charge in [-0.15, -0.1) is 0 Å². The van der Waals surface area contributed by atoms with Crippen molar-refractivity contribution in [3.05, 3.63) is 41.5 Å². The Morgan fingerprint density at radius 2 is 2.21 bits per heavy atom. The van der Waals surface area contributed by atoms with E-state index in [9.17, 15) is 4.79 Å². The number of carbonyl (C=O) groups excluding carboxylic acids is 1. The average molecular weight is 327 g/mol. The SMILES string of the molecule is Cc1nc([C@@H]2CCCN2C(=O)C[C@@H]2CCOc3ccccc32)no1. The summed E-state index contributed by atoms with van der Waals surface area (Å²) in [4.78, 5) is 19.1. The Morgan fingerprint density at radius 1 is 1.33 bits per heavy atom. The number of amides is 1. The van der Waals surface area contributed by atoms with Gasteiger partial charge in [0, 0.05) is 19.9 Å². The van der Waals surface area contributed by atoms with Gasteiger partial charge in [0.05, 0.1) is 12.6 Å². The molecule has 2 aliphatic heterocycles. The molecule has 0 saturated carbocycles. The van der Waals surface area contributed by atoms with Crippen LogP contribution in [0.5, 0.6) is 5.75 Å². The minimum Gasteiger partial charge on any atom is -0.493 e. The van der Waals surface area contributed by atoms with E-state index in [2.05, 4.69) is 16.2 Å². The first-order valence-electron chi connectivity index (χ1n) is 8.54. The van der Waals surface area contributed by atoms with Crippen LogP contribution in [-0.2, 0) is 4.79 Å². The van der Waals surface area contributed by atoms with Crippen LogP contribution in [0.3, 0.4) is 0 Å². The predicted octanol–water partition coefficient (Wildman–Crippen LogP) is 3.00. The number of nitrogens with zero attached hydrogens (tertiary/aromatic N) is 3. The molecule has 1 amide bonds. The molecule has 0 aliphatic carbocycles. The van der Waals surface area contributed by atoms with Crippen molar-refractivity contribution in [1.29, 1.82) is 0 Å². The smallest absolute Gasteiger partial charge is 0.223 e. The molecule has 0 unspecified atom stereocenters. The minimum absolute atomic E-state index is 0.0509. The van der Waals surface area contributed by atoms with Crippen LogP contribution in [0.4, 0.5) is 0 Å². The minimum atomic E-state index is -0.0509. The van der Waals surface area contributed by atoms with E-state index in [4.69, 9.17) is 9.26 Å². The largest absolute Gasteiger partial charge is 0.493 e. The van der Waals surface area contributed by atoms with Crippen LogP contribution >= 0.6 is 0 Å². The van der Waals surface area contributed by atoms with E-state index in [0.717, 1.165) is 37.1 Å². The van der Waals surface area contributed by atoms with Gasteiger partial charge in [0.1, 0.15) is 5.75 Å². The number of hydrogen-bond acceptors (Lipinski definition) is 5. The molecule has 2 aromatic rings. The molecule has 2 aliphatic rings. The maximum atomic E-state index is 12.9. The van der Waals surface area contributed by atoms with Gasteiger partial charge in [0.15, 0.2) is 5.82 Å². The zero-order valence-corrected chi connectivity index (χ0v) is 13.8. The molecule has 0 N–H and O–H groups in total. The van der Waals surface area contributed by atoms with Crippen LogP contribution in [0, 0.1) is 6.92 Å². The third kappa shape index (κ3) is 2.77. The first-order valence-corrected chi connectivity index (χ1v) is 8.54. The Labute approximate surface area is 140 Å². The summed E-state index contributed by atoms with van der Waals surface area (Å²) in [6.07, 6.45) is 3.26. The highest BCUT2D eigenvalue weighted by Crippen LogP contribution is 2.38. The Balaban J connectivity index is 1.50. The number of fused-ring (bicyclic) bond motifs is 1. The van der Waals surface area contributed by atoms with E-state index in [1.54, 1.807) is 6.92 Å². The fraction of sp³-hybridized carbons (Fsp3) is 0.500. The van der Waals surface area contributed by atoms with Gasteiger partial charge in [-0.25, -0.2) is 0 Å². The van der Waals surface area contributed by atoms with Crippen LogP contribution in [0.2, 0.25) is 0 Å². The number of ether oxygens (including phenoxy) is 1. The normalized spacial score (nSPS) is 23.0. The topological polar surface area (TPSA) is 68.5 Å². The van der Waals surface area contributed by atoms with Crippen molar-refractivity contribution in [2.45, 2.75) is 44.6 Å². The molecule has 6 heteroatoms. The molecule has 126 valence electrons. The molecule has 2 atom stereocenters. The molecule has 1 saturated heterocycles. The summed E-state index contributed by atoms with van der Waals surface area (Å²) in [7, 11) is 0. The maximum absolute atomic E-state index is 12.9. The number of hydrogen-bond donors (Lipinski definition) is 0. The molecular formula is C18H21N3O3. The van der Waals surface area contributed by atoms with Gasteiger partial charge in [0.2, 0.25) is 11.8 Å². The molecule has 0 spiro atoms. The van der Waals surface area contributed by atoms with Crippen molar-refractivity contribution < 1.29 is 14.1 Å². The second kappa shape index (κ2) is 6.26. The van der Waals surface area contributed by atoms with Gasteiger partial charge in [-0.3, -0.25) is 4.79 Å². The van der Waals surface area contributed by atoms with E-state index >= 15 is 0 Å². The number of likely N-dealkylation sites (tertiary alicyclic amines) is 1. The standard InChI is InChI=1S/C18H21N3O3/c1-12-19-18(20-24-12)15-6-4-9-21(15)17(22)11-13-8-10-23-16-7-3-2-5-14(13)16/h2-3,5,7,13,15H,4,6,8-11H2,1H3/t13-,15-/m0/s1. The third-order valence-electron chi connectivity index (χ3n) is 4.92. The second-order valence-electron chi connectivity index (χ2n) is 6.49. The molecule has 1 aromatic heterocycles. The number of aromatic nitrogens is 2. The van der Waals surface area contributed by atoms with Gasteiger partial charge >= 0.3 is 0 Å². The van der Waals surface area contributed by atoms with Gasteiger partial charge in [-0.1, -0.05) is 23.4 Å². The first-order chi connectivity index (χ1) is 11.7. The molecule has 0 bridgehead atoms. The van der Waals surface area contributed by atoms with Crippen molar-refractivity contribution in [3.63, 3.8) is 0 Å². The van der Waals surface area contributed by atoms with Crippen molar-refractivity contribution in [2.24, 2.45) is 0 Å². The highest BCUT2D eigenvalue weighted by molar-refractivity contribution is 5.78. The Bertz CT molecular complexity index is 743. The number of aryl methyl sites for hydroxylation is 1. The molecule has 4 rings (SSSR count). The van der Waals surface area contributed by atoms with Crippen molar-refractivity contribution in [3.8, 4) is 5.75 Å². The quantitative estimate of drug-likeness (QED) is 0.867. The van der Waals surface area contributed by atoms with Crippen LogP contribution in [0.15, 0.2) is 28.8 Å². The van der Waals surface area contributed by atoms with Crippen molar-refractivity contribution >= 4 is 5.91 Å². The number of rotatable bonds is 3. The average Bonchev–Trinajstić information content (AvgIpc) is 3.24. The lowest BCUT2D eigenvalue weighted by Gasteiger charge is -2.28. The fourth-order valence-corrected chi connectivity index (χ4v) is 3.74. The maximum Gasteiger partial charge on any atom is 0.223 e. The van der Waals surface area contributed by atoms with E-state index in [0.29, 0.717) is 24.7 Å². The fourth-order valence-electron chi connectivity index (χ4n) is 3.74. The Morgan fingerprint density at radius 3 is 3.04 bits per heavy atom. The zero-order chi connectivity index (χ0) is 16.5. The van der Waals surface area contributed by atoms with E-state index < -0.39 is 0 Å². The lowest BCUT2D eigenvalue weighted by Crippen LogP contribution is -2.32. The number of carbonyl (C=O) groups is 1. The van der Waals surface area contributed by atoms with Crippen LogP contribution in [0.25, 0.3) is 0 Å². The van der Waals surface area contributed by atoms with Crippen molar-refractivity contribution in [2.75, 3.05) is 13.2 Å². The monoisotopic (exact) mass is 327 g/mol. The van der Waals surface area contributed by atoms with E-state index in [1.807, 2.05) is 23.1 Å². The molecule has 3 heterocycles. The second-order valence-corrected chi connectivity index (χ2v) is 6.49. The van der Waals surface area contributed by atoms with E-state index in [-0.39, 0.29) is 17.9 Å². The summed E-state index contributed by atoms with van der Waals surface area (Å²) in [6, 6.07) is 7.97. The zero-order valence-electron chi connectivity index (χ0n) is 13.8. The molecular weight excluding hydrogens is 306 g/mol. The number of benzene rings is 1. The first kappa shape index (κ1) is 15.2. The third-order valence-corrected chi connectivity index (χ3v) is 4.92. The van der Waals surface area contributed by atoms with Crippen LogP contribution < -0.4 is 4.74 Å². The van der Waals surface area contributed by atoms with E-state index in [1.165, 1.54) is 0 Å². The lowest BCUT2D eigenvalue weighted by molar-refractivity contribution is -0.132. The van der Waals surface area contributed by atoms with Crippen LogP contribution in [-0.4, -0.2) is 34.1 Å². The summed E-state index contributed by atoms with van der Waals surface area (Å²) in [5, 5.41) is 4.01. The highest BCUT2D eigenvalue weighted by atomic mass is 16.5. The van der Waals surface area contributed by atoms with Crippen LogP contribution in [0.1, 0.15) is 54.9 Å². The molecule has 1 aromatic carbocycles. The highest BCUT2D eigenvalue weighted by Gasteiger charge is 2.35. The Kier molecular flexibility index (Phi) is 3.96. The number of para-hydroxylation sites is 1. The molecule has 0 radical (unpaired) electrons. The van der Waals surface area contributed by atoms with Gasteiger partial charge in [0.25, 0.3) is 0 Å². The summed E-state index contributed by atoms with van der Waals surface area (Å²) in [5.74, 6) is 2.47. The summed E-state index contributed by atoms with van der Waals surface area (Å²) in [6.45, 7) is 3.21. The molecule has 1 fully saturated rings. The van der Waals surface area contributed by atoms with Gasteiger partial charge in [-0.05, 0) is 36.8 Å². The molecule has 24 heavy (non-hydrogen) atoms. The summed E-state index contributed by atoms with van der Waals surface area (Å²) >= 11 is 0. The summed E-state index contributed by atoms with van der Waals surface area (Å²) in [5.41, 5.74) is 1.14. The summed E-state index contributed by atoms with van der Waals surface area (Å²) < 4.78 is 10.8. The Hall–Kier alpha value is -2.37. The predicted molar refractivity (Wildman–Crippen MR) is 86.6 cm³/mol. The van der Waals surface area contributed by atoms with Crippen molar-refractivity contribution in [1.82, 2.24) is 15.0 Å². The molecule has 6 nitrogen and oxygen atoms in total. The van der Waals surface area contributed by atoms with Gasteiger partial charge < -0.3 is 14.2 Å². The lowest BCUT2D eigenvalue weighted by atomic mass is 9.90.